The van der Waals surface area contributed by atoms with Crippen molar-refractivity contribution in [3.8, 4) is 0 Å². The minimum absolute atomic E-state index is 0.0126. The molecule has 0 aliphatic rings. The van der Waals surface area contributed by atoms with Crippen LogP contribution < -0.4 is 10.0 Å². The van der Waals surface area contributed by atoms with E-state index in [1.165, 1.54) is 12.1 Å². The third-order valence-electron chi connectivity index (χ3n) is 3.50. The summed E-state index contributed by atoms with van der Waals surface area (Å²) in [6, 6.07) is 12.7. The Balaban J connectivity index is 1.96. The molecule has 0 radical (unpaired) electrons. The number of anilines is 1. The van der Waals surface area contributed by atoms with Gasteiger partial charge in [-0.05, 0) is 36.8 Å². The lowest BCUT2D eigenvalue weighted by molar-refractivity contribution is -0.124. The number of amides is 1. The van der Waals surface area contributed by atoms with E-state index in [1.807, 2.05) is 6.07 Å². The van der Waals surface area contributed by atoms with E-state index in [9.17, 15) is 18.0 Å². The Hall–Kier alpha value is -2.58. The Labute approximate surface area is 162 Å². The molecule has 0 aliphatic heterocycles. The van der Waals surface area contributed by atoms with Gasteiger partial charge in [0.25, 0.3) is 5.91 Å². The topological polar surface area (TPSA) is 102 Å². The number of carbonyl (C=O) groups is 2. The molecule has 9 heteroatoms. The third-order valence-corrected chi connectivity index (χ3v) is 4.33. The predicted molar refractivity (Wildman–Crippen MR) is 103 cm³/mol. The Morgan fingerprint density at radius 1 is 1.15 bits per heavy atom. The molecular weight excluding hydrogens is 392 g/mol. The van der Waals surface area contributed by atoms with Crippen molar-refractivity contribution in [2.45, 2.75) is 13.0 Å². The quantitative estimate of drug-likeness (QED) is 0.683. The zero-order valence-electron chi connectivity index (χ0n) is 14.7. The number of halogens is 1. The molecule has 1 amide bonds. The monoisotopic (exact) mass is 410 g/mol. The Bertz CT molecular complexity index is 946. The van der Waals surface area contributed by atoms with E-state index in [0.29, 0.717) is 5.02 Å². The van der Waals surface area contributed by atoms with Gasteiger partial charge in [-0.3, -0.25) is 9.52 Å². The summed E-state index contributed by atoms with van der Waals surface area (Å²) in [6.45, 7) is 1.27. The summed E-state index contributed by atoms with van der Waals surface area (Å²) in [6.07, 6.45) is 0.972. The number of para-hydroxylation sites is 1. The molecule has 0 fully saturated rings. The van der Waals surface area contributed by atoms with Crippen LogP contribution in [0.15, 0.2) is 48.5 Å². The van der Waals surface area contributed by atoms with Crippen molar-refractivity contribution in [2.75, 3.05) is 17.6 Å². The van der Waals surface area contributed by atoms with E-state index < -0.39 is 28.5 Å². The third kappa shape index (κ3) is 6.58. The highest BCUT2D eigenvalue weighted by atomic mass is 35.5. The first-order chi connectivity index (χ1) is 12.7. The van der Waals surface area contributed by atoms with Gasteiger partial charge in [0.15, 0.2) is 6.61 Å². The molecule has 0 spiro atoms. The Morgan fingerprint density at radius 2 is 1.85 bits per heavy atom. The number of esters is 1. The molecule has 1 atom stereocenters. The van der Waals surface area contributed by atoms with Crippen molar-refractivity contribution in [3.05, 3.63) is 64.7 Å². The van der Waals surface area contributed by atoms with Crippen molar-refractivity contribution in [3.63, 3.8) is 0 Å². The second-order valence-electron chi connectivity index (χ2n) is 5.84. The van der Waals surface area contributed by atoms with E-state index in [4.69, 9.17) is 16.3 Å². The maximum atomic E-state index is 12.2. The molecule has 0 saturated heterocycles. The highest BCUT2D eigenvalue weighted by molar-refractivity contribution is 7.92. The molecule has 2 aromatic rings. The van der Waals surface area contributed by atoms with Crippen LogP contribution in [0.25, 0.3) is 0 Å². The average molecular weight is 411 g/mol. The number of nitrogens with one attached hydrogen (secondary N) is 2. The van der Waals surface area contributed by atoms with Gasteiger partial charge in [-0.25, -0.2) is 13.2 Å². The first-order valence-corrected chi connectivity index (χ1v) is 10.2. The van der Waals surface area contributed by atoms with E-state index in [2.05, 4.69) is 10.0 Å². The predicted octanol–water partition coefficient (Wildman–Crippen LogP) is 2.75. The zero-order chi connectivity index (χ0) is 20.0. The summed E-state index contributed by atoms with van der Waals surface area (Å²) in [5.41, 5.74) is 0.904. The largest absolute Gasteiger partial charge is 0.452 e. The van der Waals surface area contributed by atoms with Crippen LogP contribution in [0.1, 0.15) is 28.9 Å². The number of benzene rings is 2. The molecule has 0 saturated carbocycles. The average Bonchev–Trinajstić information content (AvgIpc) is 2.58. The fourth-order valence-electron chi connectivity index (χ4n) is 2.30. The first-order valence-electron chi connectivity index (χ1n) is 7.94. The van der Waals surface area contributed by atoms with Crippen LogP contribution in [0.4, 0.5) is 5.69 Å². The fourth-order valence-corrected chi connectivity index (χ4v) is 3.08. The van der Waals surface area contributed by atoms with E-state index in [0.717, 1.165) is 11.8 Å². The van der Waals surface area contributed by atoms with Crippen molar-refractivity contribution in [1.29, 1.82) is 0 Å². The van der Waals surface area contributed by atoms with Gasteiger partial charge in [0.2, 0.25) is 10.0 Å². The highest BCUT2D eigenvalue weighted by Gasteiger charge is 2.17. The lowest BCUT2D eigenvalue weighted by Gasteiger charge is -2.15. The van der Waals surface area contributed by atoms with Crippen LogP contribution in [0, 0.1) is 0 Å². The molecule has 27 heavy (non-hydrogen) atoms. The van der Waals surface area contributed by atoms with Gasteiger partial charge in [0, 0.05) is 5.02 Å². The van der Waals surface area contributed by atoms with Gasteiger partial charge in [-0.15, -0.1) is 0 Å². The molecule has 0 unspecified atom stereocenters. The number of carbonyl (C=O) groups excluding carboxylic acids is 2. The molecule has 2 rings (SSSR count). The molecule has 0 aliphatic carbocycles. The molecule has 2 aromatic carbocycles. The number of sulfonamides is 1. The molecule has 7 nitrogen and oxygen atoms in total. The SMILES string of the molecule is C[C@H](NC(=O)COC(=O)c1ccccc1NS(C)(=O)=O)c1cccc(Cl)c1. The second-order valence-corrected chi connectivity index (χ2v) is 8.03. The zero-order valence-corrected chi connectivity index (χ0v) is 16.3. The number of hydrogen-bond acceptors (Lipinski definition) is 5. The molecule has 0 bridgehead atoms. The number of rotatable bonds is 7. The Morgan fingerprint density at radius 3 is 2.52 bits per heavy atom. The van der Waals surface area contributed by atoms with E-state index >= 15 is 0 Å². The van der Waals surface area contributed by atoms with Crippen LogP contribution >= 0.6 is 11.6 Å². The van der Waals surface area contributed by atoms with Gasteiger partial charge < -0.3 is 10.1 Å². The minimum Gasteiger partial charge on any atom is -0.452 e. The van der Waals surface area contributed by atoms with Crippen molar-refractivity contribution in [1.82, 2.24) is 5.32 Å². The molecule has 2 N–H and O–H groups in total. The lowest BCUT2D eigenvalue weighted by atomic mass is 10.1. The van der Waals surface area contributed by atoms with Crippen LogP contribution in [0.5, 0.6) is 0 Å². The minimum atomic E-state index is -3.56. The standard InChI is InChI=1S/C18H19ClN2O5S/c1-12(13-6-5-7-14(19)10-13)20-17(22)11-26-18(23)15-8-3-4-9-16(15)21-27(2,24)25/h3-10,12,21H,11H2,1-2H3,(H,20,22)/t12-/m0/s1. The molecule has 0 heterocycles. The lowest BCUT2D eigenvalue weighted by Crippen LogP contribution is -2.31. The highest BCUT2D eigenvalue weighted by Crippen LogP contribution is 2.18. The van der Waals surface area contributed by atoms with Crippen molar-refractivity contribution < 1.29 is 22.7 Å². The summed E-state index contributed by atoms with van der Waals surface area (Å²) in [5.74, 6) is -1.31. The number of ether oxygens (including phenoxy) is 1. The van der Waals surface area contributed by atoms with Crippen molar-refractivity contribution >= 4 is 39.2 Å². The molecule has 0 aromatic heterocycles. The maximum Gasteiger partial charge on any atom is 0.340 e. The van der Waals surface area contributed by atoms with Crippen LogP contribution in [-0.2, 0) is 19.6 Å². The van der Waals surface area contributed by atoms with Gasteiger partial charge in [0.1, 0.15) is 0 Å². The summed E-state index contributed by atoms with van der Waals surface area (Å²) < 4.78 is 30.0. The van der Waals surface area contributed by atoms with Gasteiger partial charge in [-0.1, -0.05) is 35.9 Å². The summed E-state index contributed by atoms with van der Waals surface area (Å²) in [7, 11) is -3.56. The smallest absolute Gasteiger partial charge is 0.340 e. The molecule has 144 valence electrons. The van der Waals surface area contributed by atoms with Crippen LogP contribution in [0.3, 0.4) is 0 Å². The van der Waals surface area contributed by atoms with Crippen molar-refractivity contribution in [2.24, 2.45) is 0 Å². The maximum absolute atomic E-state index is 12.2. The number of hydrogen-bond donors (Lipinski definition) is 2. The van der Waals surface area contributed by atoms with Crippen LogP contribution in [-0.4, -0.2) is 33.2 Å². The fraction of sp³-hybridized carbons (Fsp3) is 0.222. The normalized spacial score (nSPS) is 12.1. The summed E-state index contributed by atoms with van der Waals surface area (Å²) in [5, 5.41) is 3.25. The summed E-state index contributed by atoms with van der Waals surface area (Å²) >= 11 is 5.93. The molecular formula is C18H19ClN2O5S. The van der Waals surface area contributed by atoms with Crippen LogP contribution in [0.2, 0.25) is 5.02 Å². The van der Waals surface area contributed by atoms with E-state index in [1.54, 1.807) is 37.3 Å². The summed E-state index contributed by atoms with van der Waals surface area (Å²) in [4.78, 5) is 24.2. The van der Waals surface area contributed by atoms with Gasteiger partial charge in [0.05, 0.1) is 23.5 Å². The first kappa shape index (κ1) is 20.7. The van der Waals surface area contributed by atoms with Gasteiger partial charge >= 0.3 is 5.97 Å². The van der Waals surface area contributed by atoms with E-state index in [-0.39, 0.29) is 17.3 Å². The Kier molecular flexibility index (Phi) is 6.81. The second kappa shape index (κ2) is 8.88. The van der Waals surface area contributed by atoms with Gasteiger partial charge in [-0.2, -0.15) is 0 Å².